The molecule has 30 heavy (non-hydrogen) atoms. The summed E-state index contributed by atoms with van der Waals surface area (Å²) in [7, 11) is 1.66. The van der Waals surface area contributed by atoms with Gasteiger partial charge in [-0.25, -0.2) is 4.39 Å². The summed E-state index contributed by atoms with van der Waals surface area (Å²) in [5, 5.41) is 5.45. The van der Waals surface area contributed by atoms with E-state index in [0.29, 0.717) is 22.6 Å². The van der Waals surface area contributed by atoms with Gasteiger partial charge in [0.1, 0.15) is 5.82 Å². The van der Waals surface area contributed by atoms with Gasteiger partial charge in [0.05, 0.1) is 24.5 Å². The number of para-hydroxylation sites is 2. The van der Waals surface area contributed by atoms with Crippen LogP contribution in [0.25, 0.3) is 0 Å². The predicted octanol–water partition coefficient (Wildman–Crippen LogP) is 2.77. The van der Waals surface area contributed by atoms with Gasteiger partial charge in [-0.15, -0.1) is 0 Å². The van der Waals surface area contributed by atoms with Gasteiger partial charge in [-0.3, -0.25) is 19.3 Å². The van der Waals surface area contributed by atoms with Crippen LogP contribution >= 0.6 is 0 Å². The Balaban J connectivity index is 1.65. The Morgan fingerprint density at radius 3 is 2.70 bits per heavy atom. The van der Waals surface area contributed by atoms with Gasteiger partial charge in [0.15, 0.2) is 0 Å². The molecule has 0 fully saturated rings. The number of likely N-dealkylation sites (N-methyl/N-ethyl adjacent to an activating group) is 1. The van der Waals surface area contributed by atoms with Crippen molar-refractivity contribution in [1.82, 2.24) is 4.90 Å². The third kappa shape index (κ3) is 5.01. The monoisotopic (exact) mass is 412 g/mol. The molecule has 1 aliphatic rings. The van der Waals surface area contributed by atoms with E-state index in [1.165, 1.54) is 6.07 Å². The van der Waals surface area contributed by atoms with Gasteiger partial charge in [-0.2, -0.15) is 0 Å². The summed E-state index contributed by atoms with van der Waals surface area (Å²) in [6, 6.07) is 11.3. The van der Waals surface area contributed by atoms with Crippen LogP contribution in [-0.2, 0) is 14.4 Å². The molecule has 1 atom stereocenters. The minimum atomic E-state index is -0.395. The highest BCUT2D eigenvalue weighted by Gasteiger charge is 2.30. The van der Waals surface area contributed by atoms with Crippen LogP contribution in [-0.4, -0.2) is 48.8 Å². The summed E-state index contributed by atoms with van der Waals surface area (Å²) in [6.07, 6.45) is 0.184. The lowest BCUT2D eigenvalue weighted by molar-refractivity contribution is -0.121. The lowest BCUT2D eigenvalue weighted by atomic mass is 10.1. The predicted molar refractivity (Wildman–Crippen MR) is 114 cm³/mol. The van der Waals surface area contributed by atoms with E-state index < -0.39 is 5.82 Å². The van der Waals surface area contributed by atoms with Crippen LogP contribution < -0.4 is 15.5 Å². The molecule has 0 bridgehead atoms. The number of carbonyl (C=O) groups excluding carboxylic acids is 3. The average molecular weight is 412 g/mol. The number of carbonyl (C=O) groups is 3. The first kappa shape index (κ1) is 21.4. The first-order chi connectivity index (χ1) is 14.2. The molecule has 2 aromatic carbocycles. The minimum Gasteiger partial charge on any atom is -0.325 e. The van der Waals surface area contributed by atoms with E-state index in [-0.39, 0.29) is 43.3 Å². The second kappa shape index (κ2) is 9.04. The highest BCUT2D eigenvalue weighted by Crippen LogP contribution is 2.31. The van der Waals surface area contributed by atoms with Crippen LogP contribution in [0.2, 0.25) is 0 Å². The maximum Gasteiger partial charge on any atom is 0.241 e. The van der Waals surface area contributed by atoms with Crippen LogP contribution in [0.1, 0.15) is 18.9 Å². The lowest BCUT2D eigenvalue weighted by Crippen LogP contribution is -2.45. The van der Waals surface area contributed by atoms with E-state index in [1.54, 1.807) is 60.2 Å². The molecule has 0 unspecified atom stereocenters. The summed E-state index contributed by atoms with van der Waals surface area (Å²) >= 11 is 0. The molecule has 2 N–H and O–H groups in total. The van der Waals surface area contributed by atoms with Gasteiger partial charge < -0.3 is 15.5 Å². The molecule has 3 rings (SSSR count). The van der Waals surface area contributed by atoms with Crippen LogP contribution in [0.15, 0.2) is 42.5 Å². The number of fused-ring (bicyclic) bond motifs is 1. The largest absolute Gasteiger partial charge is 0.325 e. The van der Waals surface area contributed by atoms with Crippen molar-refractivity contribution in [2.75, 3.05) is 35.7 Å². The third-order valence-electron chi connectivity index (χ3n) is 4.90. The van der Waals surface area contributed by atoms with Crippen LogP contribution in [0.5, 0.6) is 0 Å². The highest BCUT2D eigenvalue weighted by atomic mass is 19.1. The van der Waals surface area contributed by atoms with Crippen LogP contribution in [0, 0.1) is 12.7 Å². The quantitative estimate of drug-likeness (QED) is 0.791. The van der Waals surface area contributed by atoms with E-state index >= 15 is 0 Å². The number of nitrogens with zero attached hydrogens (tertiary/aromatic N) is 2. The second-order valence-corrected chi connectivity index (χ2v) is 7.57. The molecular weight excluding hydrogens is 387 g/mol. The van der Waals surface area contributed by atoms with Gasteiger partial charge >= 0.3 is 0 Å². The molecule has 0 aliphatic carbocycles. The molecule has 0 aromatic heterocycles. The van der Waals surface area contributed by atoms with Crippen molar-refractivity contribution in [3.63, 3.8) is 0 Å². The fourth-order valence-electron chi connectivity index (χ4n) is 3.45. The van der Waals surface area contributed by atoms with E-state index in [2.05, 4.69) is 10.6 Å². The molecule has 0 saturated heterocycles. The fraction of sp³-hybridized carbons (Fsp3) is 0.318. The lowest BCUT2D eigenvalue weighted by Gasteiger charge is -2.29. The number of halogens is 1. The number of amides is 3. The Morgan fingerprint density at radius 2 is 1.97 bits per heavy atom. The summed E-state index contributed by atoms with van der Waals surface area (Å²) in [5.41, 5.74) is 2.08. The maximum absolute atomic E-state index is 13.6. The van der Waals surface area contributed by atoms with Crippen molar-refractivity contribution in [1.29, 1.82) is 0 Å². The molecule has 7 nitrogen and oxygen atoms in total. The SMILES string of the molecule is Cc1ccc(NC(=O)CN(C)CC(=O)N2c3ccccc3NC(=O)C[C@@H]2C)cc1F. The molecule has 0 saturated carbocycles. The summed E-state index contributed by atoms with van der Waals surface area (Å²) in [6.45, 7) is 3.41. The van der Waals surface area contributed by atoms with Crippen LogP contribution in [0.3, 0.4) is 0 Å². The van der Waals surface area contributed by atoms with Crippen molar-refractivity contribution in [2.24, 2.45) is 0 Å². The van der Waals surface area contributed by atoms with Gasteiger partial charge in [-0.1, -0.05) is 18.2 Å². The van der Waals surface area contributed by atoms with Crippen molar-refractivity contribution in [2.45, 2.75) is 26.3 Å². The third-order valence-corrected chi connectivity index (χ3v) is 4.90. The highest BCUT2D eigenvalue weighted by molar-refractivity contribution is 6.05. The molecule has 0 radical (unpaired) electrons. The molecule has 8 heteroatoms. The second-order valence-electron chi connectivity index (χ2n) is 7.57. The maximum atomic E-state index is 13.6. The fourth-order valence-corrected chi connectivity index (χ4v) is 3.45. The summed E-state index contributed by atoms with van der Waals surface area (Å²) in [5.74, 6) is -1.12. The number of benzene rings is 2. The van der Waals surface area contributed by atoms with Crippen molar-refractivity contribution in [3.8, 4) is 0 Å². The Bertz CT molecular complexity index is 979. The number of hydrogen-bond acceptors (Lipinski definition) is 4. The number of rotatable bonds is 5. The number of anilines is 3. The zero-order valence-electron chi connectivity index (χ0n) is 17.2. The van der Waals surface area contributed by atoms with Crippen LogP contribution in [0.4, 0.5) is 21.5 Å². The molecule has 0 spiro atoms. The smallest absolute Gasteiger partial charge is 0.241 e. The molecular formula is C22H25FN4O3. The Kier molecular flexibility index (Phi) is 6.47. The molecule has 1 aliphatic heterocycles. The average Bonchev–Trinajstić information content (AvgIpc) is 2.78. The Labute approximate surface area is 174 Å². The van der Waals surface area contributed by atoms with Crippen molar-refractivity contribution >= 4 is 34.8 Å². The molecule has 1 heterocycles. The first-order valence-electron chi connectivity index (χ1n) is 9.70. The van der Waals surface area contributed by atoms with Gasteiger partial charge in [-0.05, 0) is 50.7 Å². The standard InChI is InChI=1S/C22H25FN4O3/c1-14-8-9-16(11-17(14)23)24-21(29)12-26(3)13-22(30)27-15(2)10-20(28)25-18-6-4-5-7-19(18)27/h4-9,11,15H,10,12-13H2,1-3H3,(H,24,29)(H,25,28)/t15-/m0/s1. The van der Waals surface area contributed by atoms with Crippen molar-refractivity contribution < 1.29 is 18.8 Å². The van der Waals surface area contributed by atoms with Crippen molar-refractivity contribution in [3.05, 3.63) is 53.8 Å². The van der Waals surface area contributed by atoms with Gasteiger partial charge in [0.2, 0.25) is 17.7 Å². The van der Waals surface area contributed by atoms with E-state index in [1.807, 2.05) is 6.92 Å². The normalized spacial score (nSPS) is 16.0. The Morgan fingerprint density at radius 1 is 1.23 bits per heavy atom. The molecule has 2 aromatic rings. The summed E-state index contributed by atoms with van der Waals surface area (Å²) < 4.78 is 13.6. The van der Waals surface area contributed by atoms with E-state index in [9.17, 15) is 18.8 Å². The summed E-state index contributed by atoms with van der Waals surface area (Å²) in [4.78, 5) is 40.6. The first-order valence-corrected chi connectivity index (χ1v) is 9.70. The Hall–Kier alpha value is -3.26. The van der Waals surface area contributed by atoms with E-state index in [4.69, 9.17) is 0 Å². The number of nitrogens with one attached hydrogen (secondary N) is 2. The number of aryl methyl sites for hydroxylation is 1. The zero-order chi connectivity index (χ0) is 21.8. The topological polar surface area (TPSA) is 81.8 Å². The van der Waals surface area contributed by atoms with E-state index in [0.717, 1.165) is 0 Å². The minimum absolute atomic E-state index is 0.0114. The zero-order valence-corrected chi connectivity index (χ0v) is 17.2. The van der Waals surface area contributed by atoms with Gasteiger partial charge in [0.25, 0.3) is 0 Å². The number of hydrogen-bond donors (Lipinski definition) is 2. The van der Waals surface area contributed by atoms with Gasteiger partial charge in [0, 0.05) is 18.2 Å². The molecule has 3 amide bonds. The molecule has 158 valence electrons.